The Labute approximate surface area is 108 Å². The van der Waals surface area contributed by atoms with Crippen LogP contribution in [0.15, 0.2) is 12.1 Å². The molecule has 9 heteroatoms. The Morgan fingerprint density at radius 3 is 2.47 bits per heavy atom. The number of hydrogen-bond donors (Lipinski definition) is 2. The van der Waals surface area contributed by atoms with Gasteiger partial charge in [-0.2, -0.15) is 0 Å². The monoisotopic (exact) mass is 295 g/mol. The largest absolute Gasteiger partial charge is 0.478 e. The molecule has 0 saturated heterocycles. The first-order valence-electron chi connectivity index (χ1n) is 4.98. The maximum absolute atomic E-state index is 13.0. The molecule has 0 heterocycles. The van der Waals surface area contributed by atoms with Crippen LogP contribution in [0.25, 0.3) is 0 Å². The molecule has 0 aliphatic rings. The molecule has 2 N–H and O–H groups in total. The minimum atomic E-state index is -3.91. The minimum absolute atomic E-state index is 0.124. The van der Waals surface area contributed by atoms with Crippen molar-refractivity contribution in [2.45, 2.75) is 0 Å². The molecule has 0 atom stereocenters. The summed E-state index contributed by atoms with van der Waals surface area (Å²) in [5.41, 5.74) is -1.22. The van der Waals surface area contributed by atoms with Crippen molar-refractivity contribution in [2.24, 2.45) is 0 Å². The zero-order valence-electron chi connectivity index (χ0n) is 9.81. The zero-order chi connectivity index (χ0) is 14.6. The van der Waals surface area contributed by atoms with Crippen LogP contribution in [0.5, 0.6) is 0 Å². The Balaban J connectivity index is 3.13. The molecule has 1 aromatic carbocycles. The van der Waals surface area contributed by atoms with Crippen LogP contribution in [0.3, 0.4) is 0 Å². The lowest BCUT2D eigenvalue weighted by atomic mass is 10.2. The van der Waals surface area contributed by atoms with E-state index in [-0.39, 0.29) is 6.61 Å². The van der Waals surface area contributed by atoms with Crippen molar-refractivity contribution in [1.29, 1.82) is 0 Å². The fourth-order valence-corrected chi connectivity index (χ4v) is 2.21. The molecule has 1 rings (SSSR count). The molecule has 0 fully saturated rings. The normalized spacial score (nSPS) is 11.3. The SMILES string of the molecule is COCCS(=O)(=O)Nc1cc(F)c(F)cc1C(=O)O. The average Bonchev–Trinajstić information content (AvgIpc) is 2.30. The summed E-state index contributed by atoms with van der Waals surface area (Å²) >= 11 is 0. The van der Waals surface area contributed by atoms with Gasteiger partial charge in [-0.3, -0.25) is 4.72 Å². The van der Waals surface area contributed by atoms with Gasteiger partial charge in [-0.25, -0.2) is 22.0 Å². The fourth-order valence-electron chi connectivity index (χ4n) is 1.22. The number of carbonyl (C=O) groups is 1. The molecule has 0 aromatic heterocycles. The van der Waals surface area contributed by atoms with Crippen LogP contribution in [0, 0.1) is 11.6 Å². The predicted octanol–water partition coefficient (Wildman–Crippen LogP) is 1.05. The second-order valence-corrected chi connectivity index (χ2v) is 5.37. The summed E-state index contributed by atoms with van der Waals surface area (Å²) in [6, 6.07) is 0.884. The van der Waals surface area contributed by atoms with Crippen molar-refractivity contribution in [3.63, 3.8) is 0 Å². The van der Waals surface area contributed by atoms with Gasteiger partial charge in [0.15, 0.2) is 11.6 Å². The Kier molecular flexibility index (Phi) is 4.78. The number of halogens is 2. The molecule has 1 aromatic rings. The molecule has 0 amide bonds. The topological polar surface area (TPSA) is 92.7 Å². The summed E-state index contributed by atoms with van der Waals surface area (Å²) in [5.74, 6) is -4.75. The van der Waals surface area contributed by atoms with Gasteiger partial charge in [0.2, 0.25) is 10.0 Å². The average molecular weight is 295 g/mol. The predicted molar refractivity (Wildman–Crippen MR) is 62.6 cm³/mol. The number of rotatable bonds is 6. The van der Waals surface area contributed by atoms with Gasteiger partial charge in [0.1, 0.15) is 0 Å². The minimum Gasteiger partial charge on any atom is -0.478 e. The van der Waals surface area contributed by atoms with Crippen molar-refractivity contribution in [2.75, 3.05) is 24.2 Å². The number of carboxylic acid groups (broad SMARTS) is 1. The van der Waals surface area contributed by atoms with Gasteiger partial charge < -0.3 is 9.84 Å². The summed E-state index contributed by atoms with van der Waals surface area (Å²) in [4.78, 5) is 10.8. The van der Waals surface area contributed by atoms with Gasteiger partial charge in [-0.05, 0) is 6.07 Å². The van der Waals surface area contributed by atoms with E-state index in [1.54, 1.807) is 0 Å². The third-order valence-electron chi connectivity index (χ3n) is 2.11. The third-order valence-corrected chi connectivity index (χ3v) is 3.35. The molecule has 0 spiro atoms. The van der Waals surface area contributed by atoms with E-state index in [9.17, 15) is 22.0 Å². The number of nitrogens with one attached hydrogen (secondary N) is 1. The lowest BCUT2D eigenvalue weighted by Crippen LogP contribution is -2.21. The Morgan fingerprint density at radius 2 is 1.95 bits per heavy atom. The molecule has 0 radical (unpaired) electrons. The maximum Gasteiger partial charge on any atom is 0.337 e. The van der Waals surface area contributed by atoms with Crippen molar-refractivity contribution in [3.05, 3.63) is 29.3 Å². The maximum atomic E-state index is 13.0. The highest BCUT2D eigenvalue weighted by Crippen LogP contribution is 2.21. The molecule has 19 heavy (non-hydrogen) atoms. The van der Waals surface area contributed by atoms with Gasteiger partial charge in [0, 0.05) is 13.2 Å². The van der Waals surface area contributed by atoms with E-state index in [2.05, 4.69) is 4.74 Å². The van der Waals surface area contributed by atoms with Crippen molar-refractivity contribution in [3.8, 4) is 0 Å². The lowest BCUT2D eigenvalue weighted by Gasteiger charge is -2.10. The summed E-state index contributed by atoms with van der Waals surface area (Å²) in [6.07, 6.45) is 0. The van der Waals surface area contributed by atoms with Gasteiger partial charge in [-0.1, -0.05) is 0 Å². The smallest absolute Gasteiger partial charge is 0.337 e. The Hall–Kier alpha value is -1.74. The first-order valence-corrected chi connectivity index (χ1v) is 6.64. The van der Waals surface area contributed by atoms with Crippen molar-refractivity contribution < 1.29 is 31.8 Å². The molecule has 6 nitrogen and oxygen atoms in total. The van der Waals surface area contributed by atoms with Gasteiger partial charge >= 0.3 is 5.97 Å². The number of ether oxygens (including phenoxy) is 1. The van der Waals surface area contributed by atoms with Crippen LogP contribution in [0.2, 0.25) is 0 Å². The van der Waals surface area contributed by atoms with Gasteiger partial charge in [0.05, 0.1) is 23.6 Å². The molecule has 106 valence electrons. The Bertz CT molecular complexity index is 588. The van der Waals surface area contributed by atoms with Crippen LogP contribution in [-0.2, 0) is 14.8 Å². The van der Waals surface area contributed by atoms with Gasteiger partial charge in [0.25, 0.3) is 0 Å². The lowest BCUT2D eigenvalue weighted by molar-refractivity contribution is 0.0697. The number of carboxylic acids is 1. The van der Waals surface area contributed by atoms with E-state index in [1.807, 2.05) is 4.72 Å². The third kappa shape index (κ3) is 4.14. The summed E-state index contributed by atoms with van der Waals surface area (Å²) in [5, 5.41) is 8.81. The first-order chi connectivity index (χ1) is 8.76. The van der Waals surface area contributed by atoms with E-state index in [1.165, 1.54) is 7.11 Å². The molecule has 0 saturated carbocycles. The van der Waals surface area contributed by atoms with E-state index < -0.39 is 44.6 Å². The molecule has 0 aliphatic carbocycles. The molecule has 0 bridgehead atoms. The number of benzene rings is 1. The van der Waals surface area contributed by atoms with Crippen LogP contribution >= 0.6 is 0 Å². The summed E-state index contributed by atoms with van der Waals surface area (Å²) in [7, 11) is -2.62. The quantitative estimate of drug-likeness (QED) is 0.818. The van der Waals surface area contributed by atoms with Crippen LogP contribution in [0.1, 0.15) is 10.4 Å². The number of methoxy groups -OCH3 is 1. The molecule has 0 aliphatic heterocycles. The van der Waals surface area contributed by atoms with Crippen molar-refractivity contribution >= 4 is 21.7 Å². The highest BCUT2D eigenvalue weighted by atomic mass is 32.2. The summed E-state index contributed by atoms with van der Waals surface area (Å²) in [6.45, 7) is -0.124. The second kappa shape index (κ2) is 5.93. The number of sulfonamides is 1. The molecular formula is C10H11F2NO5S. The first kappa shape index (κ1) is 15.3. The fraction of sp³-hybridized carbons (Fsp3) is 0.300. The second-order valence-electron chi connectivity index (χ2n) is 3.53. The molecule has 0 unspecified atom stereocenters. The highest BCUT2D eigenvalue weighted by molar-refractivity contribution is 7.92. The Morgan fingerprint density at radius 1 is 1.37 bits per heavy atom. The van der Waals surface area contributed by atoms with E-state index in [0.29, 0.717) is 12.1 Å². The number of aromatic carboxylic acids is 1. The van der Waals surface area contributed by atoms with Gasteiger partial charge in [-0.15, -0.1) is 0 Å². The van der Waals surface area contributed by atoms with Crippen molar-refractivity contribution in [1.82, 2.24) is 0 Å². The van der Waals surface area contributed by atoms with E-state index in [4.69, 9.17) is 5.11 Å². The number of hydrogen-bond acceptors (Lipinski definition) is 4. The van der Waals surface area contributed by atoms with E-state index >= 15 is 0 Å². The standard InChI is InChI=1S/C10H11F2NO5S/c1-18-2-3-19(16,17)13-9-5-8(12)7(11)4-6(9)10(14)15/h4-5,13H,2-3H2,1H3,(H,14,15). The van der Waals surface area contributed by atoms with E-state index in [0.717, 1.165) is 0 Å². The summed E-state index contributed by atoms with van der Waals surface area (Å²) < 4.78 is 55.4. The van der Waals surface area contributed by atoms with Crippen LogP contribution < -0.4 is 4.72 Å². The number of anilines is 1. The molecular weight excluding hydrogens is 284 g/mol. The zero-order valence-corrected chi connectivity index (χ0v) is 10.6. The van der Waals surface area contributed by atoms with Crippen LogP contribution in [0.4, 0.5) is 14.5 Å². The van der Waals surface area contributed by atoms with Crippen LogP contribution in [-0.4, -0.2) is 39.0 Å². The highest BCUT2D eigenvalue weighted by Gasteiger charge is 2.19.